The fourth-order valence-electron chi connectivity index (χ4n) is 0.763. The molecule has 0 rings (SSSR count). The van der Waals surface area contributed by atoms with Gasteiger partial charge < -0.3 is 0 Å². The SMILES string of the molecule is CCCCC(=O)CCCBr. The lowest BCUT2D eigenvalue weighted by molar-refractivity contribution is -0.119. The summed E-state index contributed by atoms with van der Waals surface area (Å²) in [6, 6.07) is 0. The second-order valence-electron chi connectivity index (χ2n) is 2.43. The summed E-state index contributed by atoms with van der Waals surface area (Å²) in [6.45, 7) is 2.11. The Balaban J connectivity index is 3.09. The molecule has 0 aromatic carbocycles. The molecule has 1 nitrogen and oxygen atoms in total. The molecule has 0 fully saturated rings. The molecule has 0 amide bonds. The lowest BCUT2D eigenvalue weighted by Crippen LogP contribution is -1.96. The van der Waals surface area contributed by atoms with Gasteiger partial charge in [-0.15, -0.1) is 0 Å². The predicted molar refractivity (Wildman–Crippen MR) is 47.6 cm³/mol. The molecule has 0 saturated heterocycles. The Morgan fingerprint density at radius 3 is 2.40 bits per heavy atom. The van der Waals surface area contributed by atoms with Crippen LogP contribution in [0, 0.1) is 0 Å². The molecule has 0 aromatic heterocycles. The zero-order chi connectivity index (χ0) is 7.82. The average Bonchev–Trinajstić information content (AvgIpc) is 1.97. The van der Waals surface area contributed by atoms with Gasteiger partial charge in [0.2, 0.25) is 0 Å². The second kappa shape index (κ2) is 7.26. The fourth-order valence-corrected chi connectivity index (χ4v) is 1.04. The summed E-state index contributed by atoms with van der Waals surface area (Å²) in [4.78, 5) is 10.9. The Kier molecular flexibility index (Phi) is 7.37. The van der Waals surface area contributed by atoms with Gasteiger partial charge in [-0.3, -0.25) is 4.79 Å². The quantitative estimate of drug-likeness (QED) is 0.612. The van der Waals surface area contributed by atoms with Crippen molar-refractivity contribution in [1.82, 2.24) is 0 Å². The van der Waals surface area contributed by atoms with E-state index in [4.69, 9.17) is 0 Å². The number of rotatable bonds is 6. The van der Waals surface area contributed by atoms with Crippen LogP contribution in [0.3, 0.4) is 0 Å². The summed E-state index contributed by atoms with van der Waals surface area (Å²) in [5.74, 6) is 0.418. The van der Waals surface area contributed by atoms with E-state index in [9.17, 15) is 4.79 Å². The first-order chi connectivity index (χ1) is 4.81. The average molecular weight is 207 g/mol. The molecule has 0 bridgehead atoms. The summed E-state index contributed by atoms with van der Waals surface area (Å²) < 4.78 is 0. The van der Waals surface area contributed by atoms with Crippen LogP contribution in [0.2, 0.25) is 0 Å². The number of halogens is 1. The Bertz CT molecular complexity index is 81.3. The van der Waals surface area contributed by atoms with Gasteiger partial charge >= 0.3 is 0 Å². The van der Waals surface area contributed by atoms with E-state index in [1.807, 2.05) is 0 Å². The minimum absolute atomic E-state index is 0.418. The van der Waals surface area contributed by atoms with E-state index >= 15 is 0 Å². The number of ketones is 1. The molecule has 0 aliphatic carbocycles. The molecule has 2 heteroatoms. The van der Waals surface area contributed by atoms with Crippen molar-refractivity contribution in [2.75, 3.05) is 5.33 Å². The van der Waals surface area contributed by atoms with E-state index in [0.717, 1.165) is 37.4 Å². The van der Waals surface area contributed by atoms with Gasteiger partial charge in [0.05, 0.1) is 0 Å². The van der Waals surface area contributed by atoms with Gasteiger partial charge in [-0.25, -0.2) is 0 Å². The molecule has 0 aliphatic heterocycles. The molecule has 60 valence electrons. The van der Waals surface area contributed by atoms with Gasteiger partial charge in [-0.05, 0) is 12.8 Å². The normalized spacial score (nSPS) is 9.80. The molecule has 0 N–H and O–H groups in total. The first kappa shape index (κ1) is 10.2. The van der Waals surface area contributed by atoms with Crippen LogP contribution >= 0.6 is 15.9 Å². The molecule has 0 atom stereocenters. The standard InChI is InChI=1S/C8H15BrO/c1-2-3-5-8(10)6-4-7-9/h2-7H2,1H3. The van der Waals surface area contributed by atoms with Gasteiger partial charge in [0.25, 0.3) is 0 Å². The maximum atomic E-state index is 10.9. The molecule has 0 spiro atoms. The zero-order valence-electron chi connectivity index (χ0n) is 6.53. The van der Waals surface area contributed by atoms with Crippen molar-refractivity contribution in [2.45, 2.75) is 39.0 Å². The smallest absolute Gasteiger partial charge is 0.132 e. The van der Waals surface area contributed by atoms with Gasteiger partial charge in [0, 0.05) is 18.2 Å². The lowest BCUT2D eigenvalue weighted by Gasteiger charge is -1.95. The largest absolute Gasteiger partial charge is 0.300 e. The van der Waals surface area contributed by atoms with Gasteiger partial charge in [0.1, 0.15) is 5.78 Å². The number of carbonyl (C=O) groups is 1. The Hall–Kier alpha value is 0.150. The molecule has 0 aliphatic rings. The predicted octanol–water partition coefficient (Wildman–Crippen LogP) is 2.92. The maximum Gasteiger partial charge on any atom is 0.132 e. The van der Waals surface area contributed by atoms with E-state index in [1.54, 1.807) is 0 Å². The van der Waals surface area contributed by atoms with Crippen molar-refractivity contribution in [2.24, 2.45) is 0 Å². The lowest BCUT2D eigenvalue weighted by atomic mass is 10.1. The van der Waals surface area contributed by atoms with Crippen LogP contribution in [0.4, 0.5) is 0 Å². The summed E-state index contributed by atoms with van der Waals surface area (Å²) in [5, 5.41) is 0.949. The van der Waals surface area contributed by atoms with Crippen LogP contribution in [0.15, 0.2) is 0 Å². The third kappa shape index (κ3) is 6.27. The highest BCUT2D eigenvalue weighted by Crippen LogP contribution is 2.02. The number of hydrogen-bond acceptors (Lipinski definition) is 1. The van der Waals surface area contributed by atoms with Crippen LogP contribution in [-0.2, 0) is 4.79 Å². The molecule has 0 saturated carbocycles. The summed E-state index contributed by atoms with van der Waals surface area (Å²) in [6.07, 6.45) is 4.71. The van der Waals surface area contributed by atoms with E-state index in [-0.39, 0.29) is 0 Å². The highest BCUT2D eigenvalue weighted by atomic mass is 79.9. The maximum absolute atomic E-state index is 10.9. The van der Waals surface area contributed by atoms with Crippen molar-refractivity contribution in [3.8, 4) is 0 Å². The minimum atomic E-state index is 0.418. The number of hydrogen-bond donors (Lipinski definition) is 0. The van der Waals surface area contributed by atoms with E-state index < -0.39 is 0 Å². The molecular weight excluding hydrogens is 192 g/mol. The van der Waals surface area contributed by atoms with Crippen molar-refractivity contribution in [3.05, 3.63) is 0 Å². The van der Waals surface area contributed by atoms with Crippen LogP contribution in [-0.4, -0.2) is 11.1 Å². The zero-order valence-corrected chi connectivity index (χ0v) is 8.11. The third-order valence-electron chi connectivity index (χ3n) is 1.40. The monoisotopic (exact) mass is 206 g/mol. The van der Waals surface area contributed by atoms with Gasteiger partial charge in [-0.2, -0.15) is 0 Å². The fraction of sp³-hybridized carbons (Fsp3) is 0.875. The number of unbranched alkanes of at least 4 members (excludes halogenated alkanes) is 1. The van der Waals surface area contributed by atoms with Crippen LogP contribution in [0.5, 0.6) is 0 Å². The Morgan fingerprint density at radius 2 is 1.90 bits per heavy atom. The molecule has 10 heavy (non-hydrogen) atoms. The van der Waals surface area contributed by atoms with Gasteiger partial charge in [0.15, 0.2) is 0 Å². The summed E-state index contributed by atoms with van der Waals surface area (Å²) in [7, 11) is 0. The highest BCUT2D eigenvalue weighted by molar-refractivity contribution is 9.09. The third-order valence-corrected chi connectivity index (χ3v) is 1.96. The Labute approximate surface area is 71.3 Å². The van der Waals surface area contributed by atoms with Crippen molar-refractivity contribution in [1.29, 1.82) is 0 Å². The molecule has 0 radical (unpaired) electrons. The minimum Gasteiger partial charge on any atom is -0.300 e. The number of alkyl halides is 1. The number of carbonyl (C=O) groups excluding carboxylic acids is 1. The molecular formula is C8H15BrO. The van der Waals surface area contributed by atoms with Crippen molar-refractivity contribution >= 4 is 21.7 Å². The van der Waals surface area contributed by atoms with E-state index in [0.29, 0.717) is 5.78 Å². The first-order valence-corrected chi connectivity index (χ1v) is 5.01. The highest BCUT2D eigenvalue weighted by Gasteiger charge is 1.98. The van der Waals surface area contributed by atoms with E-state index in [1.165, 1.54) is 0 Å². The Morgan fingerprint density at radius 1 is 1.30 bits per heavy atom. The summed E-state index contributed by atoms with van der Waals surface area (Å²) >= 11 is 3.29. The van der Waals surface area contributed by atoms with Gasteiger partial charge in [-0.1, -0.05) is 29.3 Å². The van der Waals surface area contributed by atoms with Crippen molar-refractivity contribution < 1.29 is 4.79 Å². The van der Waals surface area contributed by atoms with Crippen molar-refractivity contribution in [3.63, 3.8) is 0 Å². The summed E-state index contributed by atoms with van der Waals surface area (Å²) in [5.41, 5.74) is 0. The topological polar surface area (TPSA) is 17.1 Å². The van der Waals surface area contributed by atoms with Crippen LogP contribution in [0.25, 0.3) is 0 Å². The first-order valence-electron chi connectivity index (χ1n) is 3.89. The molecule has 0 aromatic rings. The molecule has 0 heterocycles. The van der Waals surface area contributed by atoms with Crippen LogP contribution in [0.1, 0.15) is 39.0 Å². The number of Topliss-reactive ketones (excluding diaryl/α,β-unsaturated/α-hetero) is 1. The molecule has 0 unspecified atom stereocenters. The second-order valence-corrected chi connectivity index (χ2v) is 3.23. The van der Waals surface area contributed by atoms with Crippen LogP contribution < -0.4 is 0 Å². The van der Waals surface area contributed by atoms with E-state index in [2.05, 4.69) is 22.9 Å².